The number of urea groups is 1. The number of nitro groups is 1. The number of nitrogens with two attached hydrogens (primary N) is 1. The van der Waals surface area contributed by atoms with E-state index in [-0.39, 0.29) is 18.3 Å². The van der Waals surface area contributed by atoms with E-state index < -0.39 is 22.4 Å². The van der Waals surface area contributed by atoms with Gasteiger partial charge in [-0.1, -0.05) is 6.92 Å². The molecule has 3 N–H and O–H groups in total. The normalized spacial score (nSPS) is 22.6. The van der Waals surface area contributed by atoms with Crippen molar-refractivity contribution in [1.82, 2.24) is 10.2 Å². The van der Waals surface area contributed by atoms with E-state index in [2.05, 4.69) is 5.32 Å². The lowest BCUT2D eigenvalue weighted by Gasteiger charge is -2.23. The fourth-order valence-electron chi connectivity index (χ4n) is 2.34. The molecular weight excluding hydrogens is 288 g/mol. The number of carbonyl (C=O) groups excluding carboxylic acids is 2. The van der Waals surface area contributed by atoms with Gasteiger partial charge in [0.1, 0.15) is 5.54 Å². The first-order valence-electron chi connectivity index (χ1n) is 6.94. The molecule has 3 amide bonds. The Balaban J connectivity index is 2.28. The third-order valence-electron chi connectivity index (χ3n) is 3.87. The summed E-state index contributed by atoms with van der Waals surface area (Å²) in [6.07, 6.45) is 0.644. The van der Waals surface area contributed by atoms with Gasteiger partial charge in [-0.15, -0.1) is 0 Å². The molecule has 118 valence electrons. The van der Waals surface area contributed by atoms with E-state index in [1.165, 1.54) is 24.3 Å². The molecule has 22 heavy (non-hydrogen) atoms. The third kappa shape index (κ3) is 2.64. The molecule has 2 atom stereocenters. The molecule has 2 unspecified atom stereocenters. The fraction of sp³-hybridized carbons (Fsp3) is 0.429. The maximum atomic E-state index is 12.6. The van der Waals surface area contributed by atoms with Crippen LogP contribution in [0, 0.1) is 10.1 Å². The van der Waals surface area contributed by atoms with Gasteiger partial charge in [0, 0.05) is 24.7 Å². The van der Waals surface area contributed by atoms with Crippen LogP contribution in [-0.2, 0) is 10.3 Å². The molecule has 0 aromatic heterocycles. The largest absolute Gasteiger partial charge is 0.326 e. The van der Waals surface area contributed by atoms with Crippen LogP contribution in [0.5, 0.6) is 0 Å². The van der Waals surface area contributed by atoms with Crippen LogP contribution in [0.4, 0.5) is 10.5 Å². The van der Waals surface area contributed by atoms with Crippen LogP contribution in [-0.4, -0.2) is 34.3 Å². The average molecular weight is 306 g/mol. The third-order valence-corrected chi connectivity index (χ3v) is 3.87. The van der Waals surface area contributed by atoms with E-state index in [4.69, 9.17) is 5.73 Å². The molecule has 0 aliphatic carbocycles. The Bertz CT molecular complexity index is 616. The zero-order valence-corrected chi connectivity index (χ0v) is 12.4. The lowest BCUT2D eigenvalue weighted by molar-refractivity contribution is -0.384. The van der Waals surface area contributed by atoms with Crippen molar-refractivity contribution in [2.24, 2.45) is 5.73 Å². The molecule has 2 rings (SSSR count). The lowest BCUT2D eigenvalue weighted by atomic mass is 9.92. The summed E-state index contributed by atoms with van der Waals surface area (Å²) in [5.41, 5.74) is 4.99. The molecule has 0 radical (unpaired) electrons. The Hall–Kier alpha value is -2.48. The molecule has 0 spiro atoms. The lowest BCUT2D eigenvalue weighted by Crippen LogP contribution is -2.43. The molecule has 1 heterocycles. The Kier molecular flexibility index (Phi) is 4.14. The van der Waals surface area contributed by atoms with Crippen LogP contribution in [0.3, 0.4) is 0 Å². The number of hydrogen-bond donors (Lipinski definition) is 2. The predicted octanol–water partition coefficient (Wildman–Crippen LogP) is 1.10. The van der Waals surface area contributed by atoms with Crippen molar-refractivity contribution in [2.45, 2.75) is 31.8 Å². The number of nitrogens with one attached hydrogen (secondary N) is 1. The highest BCUT2D eigenvalue weighted by Gasteiger charge is 2.49. The molecule has 0 bridgehead atoms. The number of hydrogen-bond acceptors (Lipinski definition) is 5. The van der Waals surface area contributed by atoms with Crippen LogP contribution in [0.2, 0.25) is 0 Å². The second-order valence-electron chi connectivity index (χ2n) is 5.44. The highest BCUT2D eigenvalue weighted by Crippen LogP contribution is 2.30. The second kappa shape index (κ2) is 5.72. The Morgan fingerprint density at radius 2 is 1.95 bits per heavy atom. The Morgan fingerprint density at radius 3 is 2.45 bits per heavy atom. The number of amides is 3. The van der Waals surface area contributed by atoms with E-state index >= 15 is 0 Å². The molecule has 1 aliphatic heterocycles. The fourth-order valence-corrected chi connectivity index (χ4v) is 2.34. The van der Waals surface area contributed by atoms with Gasteiger partial charge < -0.3 is 11.1 Å². The van der Waals surface area contributed by atoms with Crippen molar-refractivity contribution in [3.8, 4) is 0 Å². The summed E-state index contributed by atoms with van der Waals surface area (Å²) in [4.78, 5) is 35.8. The zero-order chi connectivity index (χ0) is 16.5. The van der Waals surface area contributed by atoms with Crippen LogP contribution < -0.4 is 11.1 Å². The maximum Gasteiger partial charge on any atom is 0.325 e. The molecule has 0 saturated carbocycles. The van der Waals surface area contributed by atoms with Crippen LogP contribution >= 0.6 is 0 Å². The minimum Gasteiger partial charge on any atom is -0.326 e. The number of nitro benzene ring substituents is 1. The van der Waals surface area contributed by atoms with Gasteiger partial charge in [0.2, 0.25) is 0 Å². The quantitative estimate of drug-likeness (QED) is 0.479. The molecular formula is C14H18N4O4. The topological polar surface area (TPSA) is 119 Å². The van der Waals surface area contributed by atoms with Crippen LogP contribution in [0.15, 0.2) is 24.3 Å². The molecule has 1 fully saturated rings. The summed E-state index contributed by atoms with van der Waals surface area (Å²) in [6, 6.07) is 4.77. The summed E-state index contributed by atoms with van der Waals surface area (Å²) in [5, 5.41) is 13.3. The smallest absolute Gasteiger partial charge is 0.325 e. The van der Waals surface area contributed by atoms with Gasteiger partial charge in [-0.25, -0.2) is 4.79 Å². The average Bonchev–Trinajstić information content (AvgIpc) is 2.71. The number of imide groups is 1. The van der Waals surface area contributed by atoms with E-state index in [9.17, 15) is 19.7 Å². The van der Waals surface area contributed by atoms with Crippen molar-refractivity contribution in [2.75, 3.05) is 6.54 Å². The van der Waals surface area contributed by atoms with E-state index in [0.717, 1.165) is 4.90 Å². The van der Waals surface area contributed by atoms with Gasteiger partial charge >= 0.3 is 6.03 Å². The first-order valence-corrected chi connectivity index (χ1v) is 6.94. The van der Waals surface area contributed by atoms with Gasteiger partial charge in [0.05, 0.1) is 4.92 Å². The summed E-state index contributed by atoms with van der Waals surface area (Å²) >= 11 is 0. The standard InChI is InChI=1S/C14H18N4O4/c1-3-10(15)8-17-12(19)14(2,16-13(17)20)9-4-6-11(7-5-9)18(21)22/h4-7,10H,3,8,15H2,1-2H3,(H,16,20). The molecule has 1 aromatic rings. The maximum absolute atomic E-state index is 12.6. The number of nitrogens with zero attached hydrogens (tertiary/aromatic N) is 2. The van der Waals surface area contributed by atoms with Crippen molar-refractivity contribution in [3.05, 3.63) is 39.9 Å². The van der Waals surface area contributed by atoms with Crippen LogP contribution in [0.1, 0.15) is 25.8 Å². The highest BCUT2D eigenvalue weighted by molar-refractivity contribution is 6.07. The molecule has 1 saturated heterocycles. The highest BCUT2D eigenvalue weighted by atomic mass is 16.6. The van der Waals surface area contributed by atoms with Crippen LogP contribution in [0.25, 0.3) is 0 Å². The summed E-state index contributed by atoms with van der Waals surface area (Å²) in [7, 11) is 0. The monoisotopic (exact) mass is 306 g/mol. The van der Waals surface area contributed by atoms with Gasteiger partial charge in [-0.2, -0.15) is 0 Å². The molecule has 8 heteroatoms. The zero-order valence-electron chi connectivity index (χ0n) is 12.4. The SMILES string of the molecule is CCC(N)CN1C(=O)NC(C)(c2ccc([N+](=O)[O-])cc2)C1=O. The number of benzene rings is 1. The van der Waals surface area contributed by atoms with Gasteiger partial charge in [0.25, 0.3) is 11.6 Å². The summed E-state index contributed by atoms with van der Waals surface area (Å²) in [6.45, 7) is 3.59. The number of carbonyl (C=O) groups is 2. The van der Waals surface area contributed by atoms with Crippen molar-refractivity contribution in [3.63, 3.8) is 0 Å². The summed E-state index contributed by atoms with van der Waals surface area (Å²) in [5.74, 6) is -0.407. The van der Waals surface area contributed by atoms with Crippen molar-refractivity contribution in [1.29, 1.82) is 0 Å². The first kappa shape index (κ1) is 15.9. The minimum absolute atomic E-state index is 0.0750. The second-order valence-corrected chi connectivity index (χ2v) is 5.44. The Morgan fingerprint density at radius 1 is 1.36 bits per heavy atom. The van der Waals surface area contributed by atoms with Crippen molar-refractivity contribution < 1.29 is 14.5 Å². The Labute approximate surface area is 127 Å². The summed E-state index contributed by atoms with van der Waals surface area (Å²) < 4.78 is 0. The molecule has 1 aromatic carbocycles. The first-order chi connectivity index (χ1) is 10.3. The van der Waals surface area contributed by atoms with Gasteiger partial charge in [0.15, 0.2) is 0 Å². The predicted molar refractivity (Wildman–Crippen MR) is 79.0 cm³/mol. The van der Waals surface area contributed by atoms with Crippen molar-refractivity contribution >= 4 is 17.6 Å². The van der Waals surface area contributed by atoms with E-state index in [0.29, 0.717) is 12.0 Å². The van der Waals surface area contributed by atoms with E-state index in [1.807, 2.05) is 6.92 Å². The number of rotatable bonds is 5. The molecule has 8 nitrogen and oxygen atoms in total. The van der Waals surface area contributed by atoms with Gasteiger partial charge in [-0.05, 0) is 31.0 Å². The molecule has 1 aliphatic rings. The number of non-ortho nitro benzene ring substituents is 1. The van der Waals surface area contributed by atoms with E-state index in [1.54, 1.807) is 6.92 Å². The van der Waals surface area contributed by atoms with Gasteiger partial charge in [-0.3, -0.25) is 19.8 Å². The minimum atomic E-state index is -1.24.